The van der Waals surface area contributed by atoms with Crippen molar-refractivity contribution in [2.75, 3.05) is 12.5 Å². The van der Waals surface area contributed by atoms with Crippen molar-refractivity contribution >= 4 is 10.4 Å². The van der Waals surface area contributed by atoms with Crippen LogP contribution in [0.5, 0.6) is 0 Å². The lowest BCUT2D eigenvalue weighted by Gasteiger charge is -2.38. The molecule has 0 aromatic heterocycles. The number of hydrogen-bond donors (Lipinski definition) is 0. The van der Waals surface area contributed by atoms with Gasteiger partial charge in [0.15, 0.2) is 0 Å². The molecule has 0 fully saturated rings. The predicted octanol–water partition coefficient (Wildman–Crippen LogP) is 3.02. The minimum Gasteiger partial charge on any atom is -0.198 e. The maximum absolute atomic E-state index is 13.5. The lowest BCUT2D eigenvalue weighted by Crippen LogP contribution is -2.24. The summed E-state index contributed by atoms with van der Waals surface area (Å²) >= 11 is 0. The summed E-state index contributed by atoms with van der Waals surface area (Å²) in [6.45, 7) is 3.78. The first kappa shape index (κ1) is 10.8. The number of hydrogen-bond acceptors (Lipinski definition) is 1. The average molecular weight is 177 g/mol. The third kappa shape index (κ3) is 3.11. The molecular weight excluding hydrogens is 161 g/mol. The van der Waals surface area contributed by atoms with Gasteiger partial charge in [-0.3, -0.25) is 0 Å². The van der Waals surface area contributed by atoms with E-state index in [9.17, 15) is 3.89 Å². The first-order valence-corrected chi connectivity index (χ1v) is 5.96. The van der Waals surface area contributed by atoms with E-state index < -0.39 is 10.4 Å². The molecule has 0 spiro atoms. The lowest BCUT2D eigenvalue weighted by molar-refractivity contribution is 0.617. The summed E-state index contributed by atoms with van der Waals surface area (Å²) < 4.78 is 13.1. The molecule has 0 aromatic rings. The molecule has 0 bridgehead atoms. The molecule has 0 heterocycles. The molecule has 0 aliphatic rings. The Balaban J connectivity index is 4.13. The van der Waals surface area contributed by atoms with Crippen molar-refractivity contribution in [1.82, 2.24) is 0 Å². The molecule has 0 aliphatic carbocycles. The van der Waals surface area contributed by atoms with E-state index in [1.165, 1.54) is 0 Å². The van der Waals surface area contributed by atoms with Crippen LogP contribution in [0.4, 0.5) is 3.89 Å². The highest BCUT2D eigenvalue weighted by molar-refractivity contribution is 8.29. The van der Waals surface area contributed by atoms with Gasteiger partial charge in [0.2, 0.25) is 0 Å². The molecule has 3 heteroatoms. The maximum Gasteiger partial charge on any atom is 0.0622 e. The van der Waals surface area contributed by atoms with Crippen LogP contribution in [0.1, 0.15) is 26.7 Å². The van der Waals surface area contributed by atoms with Gasteiger partial charge >= 0.3 is 0 Å². The third-order valence-corrected chi connectivity index (χ3v) is 4.99. The molecule has 0 radical (unpaired) electrons. The molecule has 1 nitrogen and oxygen atoms in total. The highest BCUT2D eigenvalue weighted by Crippen LogP contribution is 2.56. The first-order chi connectivity index (χ1) is 4.81. The minimum atomic E-state index is -2.03. The van der Waals surface area contributed by atoms with Gasteiger partial charge in [0.25, 0.3) is 0 Å². The molecule has 0 rings (SSSR count). The van der Waals surface area contributed by atoms with Crippen LogP contribution in [0.2, 0.25) is 0 Å². The van der Waals surface area contributed by atoms with Gasteiger partial charge in [0, 0.05) is 11.2 Å². The molecule has 0 aliphatic heterocycles. The fraction of sp³-hybridized carbons (Fsp3) is 0.875. The third-order valence-electron chi connectivity index (χ3n) is 2.15. The normalized spacial score (nSPS) is 14.2. The molecule has 0 aromatic carbocycles. The second-order valence-electron chi connectivity index (χ2n) is 3.62. The van der Waals surface area contributed by atoms with E-state index in [4.69, 9.17) is 5.26 Å². The summed E-state index contributed by atoms with van der Waals surface area (Å²) in [6.07, 6.45) is 4.39. The Bertz CT molecular complexity index is 164. The molecule has 0 N–H and O–H groups in total. The minimum absolute atomic E-state index is 0.317. The standard InChI is InChI=1S/C8H16FNS/c1-8(2,6-5-7-10)11(3,4)9/h5-6H2,1-4H3. The van der Waals surface area contributed by atoms with Crippen LogP contribution in [0.25, 0.3) is 0 Å². The van der Waals surface area contributed by atoms with Crippen molar-refractivity contribution < 1.29 is 3.89 Å². The van der Waals surface area contributed by atoms with Crippen molar-refractivity contribution in [2.24, 2.45) is 0 Å². The van der Waals surface area contributed by atoms with E-state index in [2.05, 4.69) is 0 Å². The van der Waals surface area contributed by atoms with E-state index in [1.807, 2.05) is 19.9 Å². The maximum atomic E-state index is 13.5. The molecule has 66 valence electrons. The molecule has 0 atom stereocenters. The van der Waals surface area contributed by atoms with Crippen molar-refractivity contribution in [2.45, 2.75) is 31.4 Å². The Morgan fingerprint density at radius 3 is 2.18 bits per heavy atom. The van der Waals surface area contributed by atoms with E-state index in [1.54, 1.807) is 12.5 Å². The Labute approximate surface area is 70.2 Å². The molecule has 0 unspecified atom stereocenters. The Morgan fingerprint density at radius 1 is 1.45 bits per heavy atom. The van der Waals surface area contributed by atoms with Crippen LogP contribution in [0, 0.1) is 11.3 Å². The van der Waals surface area contributed by atoms with E-state index >= 15 is 0 Å². The van der Waals surface area contributed by atoms with Gasteiger partial charge in [-0.2, -0.15) is 9.15 Å². The quantitative estimate of drug-likeness (QED) is 0.650. The van der Waals surface area contributed by atoms with Gasteiger partial charge in [0.05, 0.1) is 6.07 Å². The summed E-state index contributed by atoms with van der Waals surface area (Å²) in [7, 11) is -2.03. The van der Waals surface area contributed by atoms with Gasteiger partial charge in [-0.25, -0.2) is 0 Å². The fourth-order valence-corrected chi connectivity index (χ4v) is 1.19. The zero-order valence-electron chi connectivity index (χ0n) is 7.65. The summed E-state index contributed by atoms with van der Waals surface area (Å²) in [6, 6.07) is 2.04. The monoisotopic (exact) mass is 177 g/mol. The van der Waals surface area contributed by atoms with Gasteiger partial charge in [-0.05, 0) is 32.8 Å². The molecule has 11 heavy (non-hydrogen) atoms. The zero-order chi connectivity index (χ0) is 9.12. The fourth-order valence-electron chi connectivity index (χ4n) is 0.600. The van der Waals surface area contributed by atoms with Crippen molar-refractivity contribution in [1.29, 1.82) is 5.26 Å². The Kier molecular flexibility index (Phi) is 3.37. The van der Waals surface area contributed by atoms with Crippen molar-refractivity contribution in [3.05, 3.63) is 0 Å². The van der Waals surface area contributed by atoms with E-state index in [-0.39, 0.29) is 4.75 Å². The summed E-state index contributed by atoms with van der Waals surface area (Å²) in [4.78, 5) is 0. The van der Waals surface area contributed by atoms with Gasteiger partial charge in [-0.15, -0.1) is 0 Å². The second kappa shape index (κ2) is 3.44. The number of nitrogens with zero attached hydrogens (tertiary/aromatic N) is 1. The average Bonchev–Trinajstić information content (AvgIpc) is 1.81. The highest BCUT2D eigenvalue weighted by atomic mass is 32.3. The second-order valence-corrected chi connectivity index (χ2v) is 7.13. The van der Waals surface area contributed by atoms with E-state index in [0.717, 1.165) is 0 Å². The molecule has 0 amide bonds. The number of rotatable bonds is 3. The van der Waals surface area contributed by atoms with Crippen LogP contribution >= 0.6 is 10.4 Å². The smallest absolute Gasteiger partial charge is 0.0622 e. The molecule has 0 saturated carbocycles. The summed E-state index contributed by atoms with van der Waals surface area (Å²) in [5.41, 5.74) is 0. The molecule has 0 saturated heterocycles. The van der Waals surface area contributed by atoms with Crippen LogP contribution in [0.15, 0.2) is 0 Å². The van der Waals surface area contributed by atoms with Gasteiger partial charge < -0.3 is 0 Å². The largest absolute Gasteiger partial charge is 0.198 e. The van der Waals surface area contributed by atoms with Crippen LogP contribution in [-0.4, -0.2) is 17.3 Å². The highest BCUT2D eigenvalue weighted by Gasteiger charge is 2.31. The summed E-state index contributed by atoms with van der Waals surface area (Å²) in [5, 5.41) is 8.33. The summed E-state index contributed by atoms with van der Waals surface area (Å²) in [5.74, 6) is 0. The van der Waals surface area contributed by atoms with Crippen LogP contribution < -0.4 is 0 Å². The first-order valence-electron chi connectivity index (χ1n) is 3.61. The van der Waals surface area contributed by atoms with Crippen molar-refractivity contribution in [3.63, 3.8) is 0 Å². The van der Waals surface area contributed by atoms with Gasteiger partial charge in [0.1, 0.15) is 0 Å². The zero-order valence-corrected chi connectivity index (χ0v) is 8.46. The Hall–Kier alpha value is -0.230. The van der Waals surface area contributed by atoms with Crippen molar-refractivity contribution in [3.8, 4) is 6.07 Å². The SMILES string of the molecule is CC(C)(CCC#N)S(C)(C)F. The van der Waals surface area contributed by atoms with Gasteiger partial charge in [-0.1, -0.05) is 10.4 Å². The van der Waals surface area contributed by atoms with E-state index in [0.29, 0.717) is 12.8 Å². The number of halogens is 1. The lowest BCUT2D eigenvalue weighted by atomic mass is 10.1. The topological polar surface area (TPSA) is 23.8 Å². The van der Waals surface area contributed by atoms with Crippen LogP contribution in [0.3, 0.4) is 0 Å². The Morgan fingerprint density at radius 2 is 1.91 bits per heavy atom. The predicted molar refractivity (Wildman–Crippen MR) is 49.5 cm³/mol. The molecular formula is C8H16FNS. The number of nitriles is 1. The van der Waals surface area contributed by atoms with Crippen LogP contribution in [-0.2, 0) is 0 Å².